The summed E-state index contributed by atoms with van der Waals surface area (Å²) >= 11 is 1.49. The van der Waals surface area contributed by atoms with Crippen molar-refractivity contribution in [2.75, 3.05) is 12.4 Å². The zero-order chi connectivity index (χ0) is 16.1. The third-order valence-corrected chi connectivity index (χ3v) is 4.70. The van der Waals surface area contributed by atoms with E-state index in [-0.39, 0.29) is 5.76 Å². The molecule has 4 aromatic heterocycles. The van der Waals surface area contributed by atoms with Gasteiger partial charge in [0.05, 0.1) is 4.88 Å². The van der Waals surface area contributed by atoms with Crippen molar-refractivity contribution < 1.29 is 14.3 Å². The number of rotatable bonds is 3. The third kappa shape index (κ3) is 1.99. The average molecular weight is 328 g/mol. The number of carbonyl (C=O) groups is 1. The Balaban J connectivity index is 1.98. The molecule has 0 aliphatic rings. The summed E-state index contributed by atoms with van der Waals surface area (Å²) in [7, 11) is 1.80. The number of nitrogens with one attached hydrogen (secondary N) is 1. The number of hydrogen-bond acceptors (Lipinski definition) is 6. The first kappa shape index (κ1) is 13.8. The molecule has 0 aliphatic carbocycles. The van der Waals surface area contributed by atoms with Crippen LogP contribution in [-0.2, 0) is 0 Å². The molecule has 0 unspecified atom stereocenters. The summed E-state index contributed by atoms with van der Waals surface area (Å²) in [5.41, 5.74) is 2.57. The Labute approximate surface area is 134 Å². The van der Waals surface area contributed by atoms with Crippen molar-refractivity contribution in [3.63, 3.8) is 0 Å². The number of aromatic carboxylic acids is 1. The predicted octanol–water partition coefficient (Wildman–Crippen LogP) is 3.25. The zero-order valence-corrected chi connectivity index (χ0v) is 13.1. The number of furan rings is 1. The van der Waals surface area contributed by atoms with E-state index < -0.39 is 5.97 Å². The fourth-order valence-corrected chi connectivity index (χ4v) is 3.64. The van der Waals surface area contributed by atoms with Crippen molar-refractivity contribution in [3.05, 3.63) is 35.9 Å². The molecule has 4 heterocycles. The second kappa shape index (κ2) is 4.82. The van der Waals surface area contributed by atoms with Crippen molar-refractivity contribution >= 4 is 39.1 Å². The van der Waals surface area contributed by atoms with E-state index >= 15 is 0 Å². The van der Waals surface area contributed by atoms with Gasteiger partial charge >= 0.3 is 5.97 Å². The van der Waals surface area contributed by atoms with Crippen LogP contribution in [0.4, 0.5) is 5.82 Å². The smallest absolute Gasteiger partial charge is 0.371 e. The number of thiophene rings is 1. The number of aryl methyl sites for hydroxylation is 1. The van der Waals surface area contributed by atoms with Crippen LogP contribution < -0.4 is 5.32 Å². The van der Waals surface area contributed by atoms with Gasteiger partial charge in [0.15, 0.2) is 11.5 Å². The van der Waals surface area contributed by atoms with Crippen LogP contribution in [0.2, 0.25) is 0 Å². The second-order valence-corrected chi connectivity index (χ2v) is 6.07. The van der Waals surface area contributed by atoms with Crippen LogP contribution in [0.5, 0.6) is 0 Å². The minimum atomic E-state index is -1.08. The van der Waals surface area contributed by atoms with Gasteiger partial charge in [0, 0.05) is 18.9 Å². The summed E-state index contributed by atoms with van der Waals surface area (Å²) in [4.78, 5) is 21.7. The molecule has 0 saturated carbocycles. The Hall–Kier alpha value is -2.87. The first-order valence-corrected chi connectivity index (χ1v) is 7.69. The molecule has 0 atom stereocenters. The first-order valence-electron chi connectivity index (χ1n) is 6.87. The fraction of sp³-hybridized carbons (Fsp3) is 0.133. The topological polar surface area (TPSA) is 92.7 Å². The largest absolute Gasteiger partial charge is 0.475 e. The molecular weight excluding hydrogens is 316 g/mol. The Kier molecular flexibility index (Phi) is 2.88. The summed E-state index contributed by atoms with van der Waals surface area (Å²) in [5, 5.41) is 12.0. The van der Waals surface area contributed by atoms with Gasteiger partial charge in [0.25, 0.3) is 0 Å². The fourth-order valence-electron chi connectivity index (χ4n) is 2.52. The molecule has 0 radical (unpaired) electrons. The molecule has 0 aromatic carbocycles. The lowest BCUT2D eigenvalue weighted by molar-refractivity contribution is 0.0663. The highest BCUT2D eigenvalue weighted by molar-refractivity contribution is 7.21. The van der Waals surface area contributed by atoms with E-state index in [1.807, 2.05) is 17.4 Å². The van der Waals surface area contributed by atoms with E-state index in [0.717, 1.165) is 26.6 Å². The molecule has 0 saturated heterocycles. The van der Waals surface area contributed by atoms with E-state index in [9.17, 15) is 4.79 Å². The lowest BCUT2D eigenvalue weighted by Crippen LogP contribution is -1.98. The van der Waals surface area contributed by atoms with Crippen molar-refractivity contribution in [2.45, 2.75) is 6.92 Å². The minimum Gasteiger partial charge on any atom is -0.475 e. The van der Waals surface area contributed by atoms with Crippen LogP contribution in [0, 0.1) is 6.92 Å². The van der Waals surface area contributed by atoms with Crippen LogP contribution in [0.15, 0.2) is 28.8 Å². The molecule has 0 amide bonds. The van der Waals surface area contributed by atoms with E-state index in [1.165, 1.54) is 17.4 Å². The van der Waals surface area contributed by atoms with Gasteiger partial charge < -0.3 is 14.8 Å². The molecule has 0 fully saturated rings. The normalized spacial score (nSPS) is 11.4. The van der Waals surface area contributed by atoms with Gasteiger partial charge in [-0.3, -0.25) is 4.40 Å². The number of imidazole rings is 1. The van der Waals surface area contributed by atoms with Crippen LogP contribution in [0.1, 0.15) is 16.2 Å². The monoisotopic (exact) mass is 328 g/mol. The summed E-state index contributed by atoms with van der Waals surface area (Å²) in [6, 6.07) is 5.00. The Morgan fingerprint density at radius 2 is 2.26 bits per heavy atom. The predicted molar refractivity (Wildman–Crippen MR) is 87.3 cm³/mol. The van der Waals surface area contributed by atoms with Gasteiger partial charge in [0.2, 0.25) is 5.76 Å². The van der Waals surface area contributed by atoms with Crippen molar-refractivity contribution in [2.24, 2.45) is 0 Å². The summed E-state index contributed by atoms with van der Waals surface area (Å²) in [6.07, 6.45) is 1.80. The maximum Gasteiger partial charge on any atom is 0.371 e. The number of nitrogens with zero attached hydrogens (tertiary/aromatic N) is 3. The summed E-state index contributed by atoms with van der Waals surface area (Å²) < 4.78 is 7.41. The number of aromatic nitrogens is 3. The number of carboxylic acid groups (broad SMARTS) is 1. The lowest BCUT2D eigenvalue weighted by Gasteiger charge is -2.04. The number of carboxylic acids is 1. The molecule has 23 heavy (non-hydrogen) atoms. The molecular formula is C15H12N4O3S. The van der Waals surface area contributed by atoms with E-state index in [0.29, 0.717) is 11.6 Å². The highest BCUT2D eigenvalue weighted by atomic mass is 32.1. The van der Waals surface area contributed by atoms with Gasteiger partial charge in [0.1, 0.15) is 16.1 Å². The van der Waals surface area contributed by atoms with Crippen LogP contribution in [-0.4, -0.2) is 32.5 Å². The zero-order valence-electron chi connectivity index (χ0n) is 12.3. The third-order valence-electron chi connectivity index (χ3n) is 3.58. The first-order chi connectivity index (χ1) is 11.1. The lowest BCUT2D eigenvalue weighted by atomic mass is 10.3. The highest BCUT2D eigenvalue weighted by Crippen LogP contribution is 2.35. The maximum atomic E-state index is 11.0. The summed E-state index contributed by atoms with van der Waals surface area (Å²) in [5.74, 6) is 0.0500. The highest BCUT2D eigenvalue weighted by Gasteiger charge is 2.17. The molecule has 0 spiro atoms. The van der Waals surface area contributed by atoms with Gasteiger partial charge in [-0.15, -0.1) is 11.3 Å². The molecule has 4 rings (SSSR count). The van der Waals surface area contributed by atoms with Gasteiger partial charge in [-0.2, -0.15) is 0 Å². The molecule has 7 nitrogen and oxygen atoms in total. The number of hydrogen-bond donors (Lipinski definition) is 2. The number of anilines is 1. The second-order valence-electron chi connectivity index (χ2n) is 5.04. The van der Waals surface area contributed by atoms with E-state index in [2.05, 4.69) is 15.3 Å². The van der Waals surface area contributed by atoms with Crippen molar-refractivity contribution in [3.8, 4) is 10.6 Å². The number of fused-ring (bicyclic) bond motifs is 3. The Morgan fingerprint density at radius 1 is 1.43 bits per heavy atom. The molecule has 4 aromatic rings. The quantitative estimate of drug-likeness (QED) is 0.600. The summed E-state index contributed by atoms with van der Waals surface area (Å²) in [6.45, 7) is 1.98. The SMILES string of the molecule is CNc1nc2cc(-c3ccc(C(=O)O)o3)sc2n2c(C)cnc12. The Bertz CT molecular complexity index is 1060. The van der Waals surface area contributed by atoms with Gasteiger partial charge in [-0.1, -0.05) is 0 Å². The Morgan fingerprint density at radius 3 is 2.96 bits per heavy atom. The van der Waals surface area contributed by atoms with E-state index in [4.69, 9.17) is 9.52 Å². The molecule has 8 heteroatoms. The standard InChI is InChI=1S/C15H12N4O3S/c1-7-6-17-13-12(16-2)18-8-5-11(23-14(8)19(7)13)9-3-4-10(22-9)15(20)21/h3-6H,1-2H3,(H,16,18)(H,20,21). The van der Waals surface area contributed by atoms with Crippen LogP contribution >= 0.6 is 11.3 Å². The van der Waals surface area contributed by atoms with Crippen LogP contribution in [0.3, 0.4) is 0 Å². The minimum absolute atomic E-state index is 0.0784. The maximum absolute atomic E-state index is 11.0. The van der Waals surface area contributed by atoms with Crippen LogP contribution in [0.25, 0.3) is 26.6 Å². The molecule has 116 valence electrons. The van der Waals surface area contributed by atoms with E-state index in [1.54, 1.807) is 19.3 Å². The van der Waals surface area contributed by atoms with Crippen molar-refractivity contribution in [1.82, 2.24) is 14.4 Å². The van der Waals surface area contributed by atoms with Gasteiger partial charge in [-0.05, 0) is 25.1 Å². The molecule has 2 N–H and O–H groups in total. The molecule has 0 aliphatic heterocycles. The average Bonchev–Trinajstić information content (AvgIpc) is 3.22. The van der Waals surface area contributed by atoms with Crippen molar-refractivity contribution in [1.29, 1.82) is 0 Å². The molecule has 0 bridgehead atoms. The van der Waals surface area contributed by atoms with Gasteiger partial charge in [-0.25, -0.2) is 14.8 Å².